The number of hydrogen-bond acceptors (Lipinski definition) is 12. The highest BCUT2D eigenvalue weighted by atomic mass is 16.5. The first-order valence-electron chi connectivity index (χ1n) is 15.4. The fraction of sp³-hybridized carbons (Fsp3) is 0.600. The lowest BCUT2D eigenvalue weighted by Gasteiger charge is -2.37. The van der Waals surface area contributed by atoms with Crippen LogP contribution in [0.2, 0.25) is 0 Å². The maximum absolute atomic E-state index is 12.3. The Balaban J connectivity index is 1.38. The van der Waals surface area contributed by atoms with Gasteiger partial charge in [0.1, 0.15) is 5.75 Å². The SMILES string of the molecule is CCc1nc(C(N)=O)c(Nc2ccc(N3CCN(CCN(C)CCCC(=O)NO)CC3)c(OC)c2)nc1NC1CCOCC1. The molecule has 2 amide bonds. The summed E-state index contributed by atoms with van der Waals surface area (Å²) in [5.41, 5.74) is 9.89. The second-order valence-electron chi connectivity index (χ2n) is 11.2. The molecule has 14 heteroatoms. The van der Waals surface area contributed by atoms with E-state index in [9.17, 15) is 9.59 Å². The van der Waals surface area contributed by atoms with Crippen LogP contribution in [-0.2, 0) is 16.0 Å². The molecule has 0 aliphatic carbocycles. The van der Waals surface area contributed by atoms with Crippen molar-refractivity contribution >= 4 is 34.8 Å². The lowest BCUT2D eigenvalue weighted by atomic mass is 10.1. The molecule has 0 radical (unpaired) electrons. The summed E-state index contributed by atoms with van der Waals surface area (Å²) in [5.74, 6) is 0.669. The van der Waals surface area contributed by atoms with Crippen LogP contribution in [-0.4, -0.2) is 116 Å². The number of carbonyl (C=O) groups excluding carboxylic acids is 2. The number of likely N-dealkylation sites (N-methyl/N-ethyl adjacent to an activating group) is 1. The summed E-state index contributed by atoms with van der Waals surface area (Å²) >= 11 is 0. The van der Waals surface area contributed by atoms with Gasteiger partial charge in [-0.2, -0.15) is 0 Å². The van der Waals surface area contributed by atoms with Crippen molar-refractivity contribution in [2.45, 2.75) is 45.1 Å². The molecule has 2 aliphatic rings. The highest BCUT2D eigenvalue weighted by Crippen LogP contribution is 2.34. The maximum Gasteiger partial charge on any atom is 0.271 e. The molecule has 242 valence electrons. The van der Waals surface area contributed by atoms with Gasteiger partial charge >= 0.3 is 0 Å². The topological polar surface area (TPSA) is 170 Å². The van der Waals surface area contributed by atoms with Crippen molar-refractivity contribution in [3.8, 4) is 5.75 Å². The summed E-state index contributed by atoms with van der Waals surface area (Å²) in [6, 6.07) is 6.09. The number of aromatic nitrogens is 2. The zero-order valence-electron chi connectivity index (χ0n) is 26.1. The molecule has 4 rings (SSSR count). The molecule has 0 bridgehead atoms. The quantitative estimate of drug-likeness (QED) is 0.146. The Labute approximate surface area is 259 Å². The molecule has 0 atom stereocenters. The van der Waals surface area contributed by atoms with Crippen molar-refractivity contribution in [3.63, 3.8) is 0 Å². The summed E-state index contributed by atoms with van der Waals surface area (Å²) in [4.78, 5) is 39.8. The lowest BCUT2D eigenvalue weighted by molar-refractivity contribution is -0.129. The van der Waals surface area contributed by atoms with E-state index in [-0.39, 0.29) is 17.6 Å². The largest absolute Gasteiger partial charge is 0.495 e. The van der Waals surface area contributed by atoms with Crippen molar-refractivity contribution in [2.24, 2.45) is 5.73 Å². The number of nitrogens with zero attached hydrogens (tertiary/aromatic N) is 5. The van der Waals surface area contributed by atoms with E-state index < -0.39 is 5.91 Å². The van der Waals surface area contributed by atoms with E-state index in [1.165, 1.54) is 0 Å². The predicted octanol–water partition coefficient (Wildman–Crippen LogP) is 1.82. The van der Waals surface area contributed by atoms with Gasteiger partial charge in [0.2, 0.25) is 5.91 Å². The van der Waals surface area contributed by atoms with Crippen LogP contribution in [0.3, 0.4) is 0 Å². The Morgan fingerprint density at radius 3 is 2.55 bits per heavy atom. The average Bonchev–Trinajstić information content (AvgIpc) is 3.04. The number of piperazine rings is 1. The number of amides is 2. The molecule has 2 saturated heterocycles. The summed E-state index contributed by atoms with van der Waals surface area (Å²) in [7, 11) is 3.70. The molecule has 44 heavy (non-hydrogen) atoms. The summed E-state index contributed by atoms with van der Waals surface area (Å²) in [6.07, 6.45) is 3.38. The smallest absolute Gasteiger partial charge is 0.271 e. The van der Waals surface area contributed by atoms with Gasteiger partial charge < -0.3 is 35.6 Å². The van der Waals surface area contributed by atoms with Gasteiger partial charge in [-0.25, -0.2) is 15.4 Å². The average molecular weight is 614 g/mol. The fourth-order valence-corrected chi connectivity index (χ4v) is 5.48. The van der Waals surface area contributed by atoms with Gasteiger partial charge in [0, 0.05) is 76.7 Å². The van der Waals surface area contributed by atoms with Gasteiger partial charge in [0.05, 0.1) is 18.5 Å². The van der Waals surface area contributed by atoms with Crippen LogP contribution in [0.1, 0.15) is 48.8 Å². The van der Waals surface area contributed by atoms with Crippen LogP contribution in [0.4, 0.5) is 23.0 Å². The number of nitrogens with one attached hydrogen (secondary N) is 3. The van der Waals surface area contributed by atoms with Gasteiger partial charge in [-0.1, -0.05) is 6.92 Å². The normalized spacial score (nSPS) is 16.2. The number of anilines is 4. The van der Waals surface area contributed by atoms with Crippen molar-refractivity contribution < 1.29 is 24.3 Å². The van der Waals surface area contributed by atoms with E-state index in [0.717, 1.165) is 70.1 Å². The minimum atomic E-state index is -0.644. The third-order valence-electron chi connectivity index (χ3n) is 8.12. The number of benzene rings is 1. The molecule has 1 aromatic carbocycles. The van der Waals surface area contributed by atoms with Crippen LogP contribution in [0.5, 0.6) is 5.75 Å². The fourth-order valence-electron chi connectivity index (χ4n) is 5.48. The number of ether oxygens (including phenoxy) is 2. The van der Waals surface area contributed by atoms with Crippen molar-refractivity contribution in [2.75, 3.05) is 88.7 Å². The third kappa shape index (κ3) is 9.14. The Morgan fingerprint density at radius 1 is 1.14 bits per heavy atom. The lowest BCUT2D eigenvalue weighted by Crippen LogP contribution is -2.48. The first kappa shape index (κ1) is 33.2. The second-order valence-corrected chi connectivity index (χ2v) is 11.2. The number of primary amides is 1. The van der Waals surface area contributed by atoms with Gasteiger partial charge in [0.15, 0.2) is 17.3 Å². The highest BCUT2D eigenvalue weighted by Gasteiger charge is 2.23. The van der Waals surface area contributed by atoms with Crippen LogP contribution in [0, 0.1) is 0 Å². The summed E-state index contributed by atoms with van der Waals surface area (Å²) < 4.78 is 11.3. The molecule has 2 aromatic rings. The zero-order chi connectivity index (χ0) is 31.5. The van der Waals surface area contributed by atoms with E-state index in [2.05, 4.69) is 30.3 Å². The molecule has 0 unspecified atom stereocenters. The molecule has 3 heterocycles. The Bertz CT molecular complexity index is 1250. The Hall–Kier alpha value is -3.72. The van der Waals surface area contributed by atoms with Crippen LogP contribution in [0.15, 0.2) is 18.2 Å². The minimum absolute atomic E-state index is 0.0971. The molecule has 14 nitrogen and oxygen atoms in total. The molecule has 0 saturated carbocycles. The molecule has 6 N–H and O–H groups in total. The number of carbonyl (C=O) groups is 2. The first-order valence-corrected chi connectivity index (χ1v) is 15.4. The third-order valence-corrected chi connectivity index (χ3v) is 8.12. The standard InChI is InChI=1S/C30H47N9O5/c1-4-23-29(32-21-9-18-44-19-10-21)35-30(27(34-23)28(31)41)33-22-7-8-24(25(20-22)43-3)39-16-14-38(15-17-39)13-12-37(2)11-5-6-26(40)36-42/h7-8,20-21,42H,4-6,9-19H2,1-3H3,(H2,31,41)(H,36,40)(H2,32,33,35). The number of aryl methyl sites for hydroxylation is 1. The summed E-state index contributed by atoms with van der Waals surface area (Å²) in [5, 5.41) is 15.4. The molecule has 0 spiro atoms. The van der Waals surface area contributed by atoms with Gasteiger partial charge in [-0.15, -0.1) is 0 Å². The molecule has 2 fully saturated rings. The first-order chi connectivity index (χ1) is 21.3. The zero-order valence-corrected chi connectivity index (χ0v) is 26.1. The Kier molecular flexibility index (Phi) is 12.4. The molecular formula is C30H47N9O5. The van der Waals surface area contributed by atoms with Crippen LogP contribution >= 0.6 is 0 Å². The van der Waals surface area contributed by atoms with E-state index >= 15 is 0 Å². The predicted molar refractivity (Wildman–Crippen MR) is 169 cm³/mol. The van der Waals surface area contributed by atoms with E-state index in [1.54, 1.807) is 12.6 Å². The number of nitrogens with two attached hydrogens (primary N) is 1. The van der Waals surface area contributed by atoms with Gasteiger partial charge in [0.25, 0.3) is 5.91 Å². The second kappa shape index (κ2) is 16.4. The molecular weight excluding hydrogens is 566 g/mol. The maximum atomic E-state index is 12.3. The highest BCUT2D eigenvalue weighted by molar-refractivity contribution is 5.96. The van der Waals surface area contributed by atoms with E-state index in [0.29, 0.717) is 55.5 Å². The summed E-state index contributed by atoms with van der Waals surface area (Å²) in [6.45, 7) is 9.60. The van der Waals surface area contributed by atoms with Gasteiger partial charge in [-0.3, -0.25) is 19.7 Å². The van der Waals surface area contributed by atoms with Crippen molar-refractivity contribution in [1.82, 2.24) is 25.2 Å². The monoisotopic (exact) mass is 613 g/mol. The van der Waals surface area contributed by atoms with Crippen LogP contribution in [0.25, 0.3) is 0 Å². The van der Waals surface area contributed by atoms with Crippen molar-refractivity contribution in [1.29, 1.82) is 0 Å². The Morgan fingerprint density at radius 2 is 1.89 bits per heavy atom. The van der Waals surface area contributed by atoms with Crippen molar-refractivity contribution in [3.05, 3.63) is 29.6 Å². The molecule has 2 aliphatic heterocycles. The molecule has 1 aromatic heterocycles. The van der Waals surface area contributed by atoms with Gasteiger partial charge in [-0.05, 0) is 51.4 Å². The van der Waals surface area contributed by atoms with E-state index in [1.807, 2.05) is 32.2 Å². The van der Waals surface area contributed by atoms with Crippen LogP contribution < -0.4 is 31.5 Å². The number of hydrogen-bond donors (Lipinski definition) is 5. The van der Waals surface area contributed by atoms with E-state index in [4.69, 9.17) is 25.4 Å². The number of rotatable bonds is 15. The number of hydroxylamine groups is 1. The number of methoxy groups -OCH3 is 1. The minimum Gasteiger partial charge on any atom is -0.495 e.